The zero-order chi connectivity index (χ0) is 36.5. The molecule has 5 aliphatic rings. The van der Waals surface area contributed by atoms with E-state index < -0.39 is 73.9 Å². The molecule has 5 rings (SSSR count). The van der Waals surface area contributed by atoms with E-state index in [1.165, 1.54) is 12.5 Å². The number of rotatable bonds is 10. The molecule has 0 aromatic carbocycles. The first-order valence-corrected chi connectivity index (χ1v) is 20.0. The Hall–Kier alpha value is -2.02. The summed E-state index contributed by atoms with van der Waals surface area (Å²) in [6.07, 6.45) is 5.04. The number of allylic oxidation sites excluding steroid dienone is 1. The van der Waals surface area contributed by atoms with Crippen LogP contribution in [0.4, 0.5) is 0 Å². The Balaban J connectivity index is 1.54. The third-order valence-electron chi connectivity index (χ3n) is 14.8. The largest absolute Gasteiger partial charge is 0.481 e. The maximum atomic E-state index is 13.4. The minimum Gasteiger partial charge on any atom is -0.481 e. The highest BCUT2D eigenvalue weighted by Gasteiger charge is 2.72. The van der Waals surface area contributed by atoms with Crippen molar-refractivity contribution in [2.75, 3.05) is 31.3 Å². The number of nitrogens with two attached hydrogens (primary N) is 2. The molecule has 5 N–H and O–H groups in total. The van der Waals surface area contributed by atoms with Crippen LogP contribution in [0.2, 0.25) is 0 Å². The molecule has 0 radical (unpaired) electrons. The average Bonchev–Trinajstić information content (AvgIpc) is 2.98. The summed E-state index contributed by atoms with van der Waals surface area (Å²) in [4.78, 5) is 39.3. The highest BCUT2D eigenvalue weighted by Crippen LogP contribution is 2.75. The van der Waals surface area contributed by atoms with Gasteiger partial charge in [-0.2, -0.15) is 0 Å². The second kappa shape index (κ2) is 12.9. The molecule has 4 aliphatic carbocycles. The molecule has 12 atom stereocenters. The molecule has 4 fully saturated rings. The van der Waals surface area contributed by atoms with Gasteiger partial charge in [-0.25, -0.2) is 8.42 Å². The van der Waals surface area contributed by atoms with Gasteiger partial charge in [-0.15, -0.1) is 0 Å². The number of carbonyl (C=O) groups is 3. The summed E-state index contributed by atoms with van der Waals surface area (Å²) in [7, 11) is -3.67. The summed E-state index contributed by atoms with van der Waals surface area (Å²) in [6, 6.07) is -1.42. The normalized spacial score (nSPS) is 42.8. The maximum absolute atomic E-state index is 13.4. The second-order valence-corrected chi connectivity index (χ2v) is 19.8. The Morgan fingerprint density at radius 2 is 1.71 bits per heavy atom. The first-order chi connectivity index (χ1) is 22.6. The zero-order valence-corrected chi connectivity index (χ0v) is 31.6. The van der Waals surface area contributed by atoms with Crippen molar-refractivity contribution in [3.05, 3.63) is 11.6 Å². The van der Waals surface area contributed by atoms with Gasteiger partial charge in [0.05, 0.1) is 30.6 Å². The Morgan fingerprint density at radius 1 is 1.04 bits per heavy atom. The fourth-order valence-electron chi connectivity index (χ4n) is 11.9. The fraction of sp³-hybridized carbons (Fsp3) is 0.865. The highest BCUT2D eigenvalue weighted by atomic mass is 32.2. The lowest BCUT2D eigenvalue weighted by molar-refractivity contribution is -0.263. The predicted octanol–water partition coefficient (Wildman–Crippen LogP) is 4.12. The maximum Gasteiger partial charge on any atom is 0.324 e. The van der Waals surface area contributed by atoms with Crippen LogP contribution in [0, 0.1) is 56.7 Å². The number of hydrogen-bond acceptors (Lipinski definition) is 10. The number of sulfone groups is 1. The van der Waals surface area contributed by atoms with Gasteiger partial charge in [-0.05, 0) is 78.4 Å². The van der Waals surface area contributed by atoms with Crippen LogP contribution in [0.25, 0.3) is 0 Å². The highest BCUT2D eigenvalue weighted by molar-refractivity contribution is 7.91. The van der Waals surface area contributed by atoms with Crippen molar-refractivity contribution in [1.82, 2.24) is 0 Å². The van der Waals surface area contributed by atoms with Crippen LogP contribution in [0.3, 0.4) is 0 Å². The minimum atomic E-state index is -3.67. The molecule has 3 saturated carbocycles. The van der Waals surface area contributed by atoms with Crippen LogP contribution in [-0.2, 0) is 38.4 Å². The van der Waals surface area contributed by atoms with Gasteiger partial charge in [0.1, 0.15) is 18.2 Å². The SMILES string of the molecule is CC(=O)O[C@@H]1C[C@@]23COC[C@](C)([C@@H]2CC[C@H]2C3=CC[C@@]3(C)[C@H](C(=O)O)[C@@](C)([C@H](C)C(C)C)CC[C@]23C)[C@H]1OC(=O)C(N)CS(=O)(=O)CCN. The van der Waals surface area contributed by atoms with Gasteiger partial charge in [-0.3, -0.25) is 14.4 Å². The van der Waals surface area contributed by atoms with Crippen molar-refractivity contribution < 1.29 is 42.1 Å². The molecule has 278 valence electrons. The van der Waals surface area contributed by atoms with Crippen molar-refractivity contribution in [3.63, 3.8) is 0 Å². The lowest BCUT2D eigenvalue weighted by Gasteiger charge is -2.71. The summed E-state index contributed by atoms with van der Waals surface area (Å²) in [5, 5.41) is 11.0. The van der Waals surface area contributed by atoms with Crippen molar-refractivity contribution in [3.8, 4) is 0 Å². The van der Waals surface area contributed by atoms with Gasteiger partial charge >= 0.3 is 17.9 Å². The summed E-state index contributed by atoms with van der Waals surface area (Å²) < 4.78 is 43.3. The molecular weight excluding hydrogens is 648 g/mol. The Bertz CT molecular complexity index is 1480. The van der Waals surface area contributed by atoms with E-state index in [-0.39, 0.29) is 47.5 Å². The Kier molecular flexibility index (Phi) is 10.0. The van der Waals surface area contributed by atoms with E-state index in [9.17, 15) is 27.9 Å². The minimum absolute atomic E-state index is 0.0242. The molecule has 0 spiro atoms. The van der Waals surface area contributed by atoms with Gasteiger partial charge in [0, 0.05) is 24.3 Å². The lowest BCUT2D eigenvalue weighted by Crippen LogP contribution is -2.70. The molecule has 0 amide bonds. The molecule has 1 heterocycles. The number of hydrogen-bond donors (Lipinski definition) is 3. The number of fused-ring (bicyclic) bond motifs is 3. The first-order valence-electron chi connectivity index (χ1n) is 18.2. The van der Waals surface area contributed by atoms with Gasteiger partial charge < -0.3 is 30.8 Å². The van der Waals surface area contributed by atoms with Gasteiger partial charge in [-0.1, -0.05) is 60.1 Å². The summed E-state index contributed by atoms with van der Waals surface area (Å²) in [5.41, 5.74) is 10.4. The number of esters is 2. The van der Waals surface area contributed by atoms with E-state index in [1.54, 1.807) is 0 Å². The quantitative estimate of drug-likeness (QED) is 0.219. The van der Waals surface area contributed by atoms with Crippen LogP contribution in [0.1, 0.15) is 93.9 Å². The zero-order valence-electron chi connectivity index (χ0n) is 30.8. The van der Waals surface area contributed by atoms with Crippen LogP contribution >= 0.6 is 0 Å². The second-order valence-electron chi connectivity index (χ2n) is 17.6. The van der Waals surface area contributed by atoms with Crippen LogP contribution in [0.5, 0.6) is 0 Å². The van der Waals surface area contributed by atoms with E-state index in [2.05, 4.69) is 47.6 Å². The third kappa shape index (κ3) is 5.88. The fourth-order valence-corrected chi connectivity index (χ4v) is 13.1. The standard InChI is InChI=1S/C37H60N2O9S/c1-21(2)22(3)33(5)13-14-35(7)24-9-10-28-34(6)19-46-20-37(28,25(24)11-12-36(35,8)29(33)31(41)42)17-27(47-23(4)40)30(34)48-32(43)26(39)18-49(44,45)16-15-38/h11,21-22,24,26-30H,9-10,12-20,38-39H2,1-8H3,(H,41,42)/t22-,24+,26?,27-,28+,29-,30+,33-,34-,35-,36+,37+/m1/s1. The van der Waals surface area contributed by atoms with Gasteiger partial charge in [0.15, 0.2) is 9.84 Å². The monoisotopic (exact) mass is 708 g/mol. The molecule has 12 heteroatoms. The molecule has 11 nitrogen and oxygen atoms in total. The number of aliphatic carboxylic acids is 1. The van der Waals surface area contributed by atoms with E-state index >= 15 is 0 Å². The molecule has 49 heavy (non-hydrogen) atoms. The Labute approximate surface area is 292 Å². The molecule has 0 aromatic rings. The average molecular weight is 709 g/mol. The van der Waals surface area contributed by atoms with E-state index in [0.29, 0.717) is 25.4 Å². The van der Waals surface area contributed by atoms with E-state index in [0.717, 1.165) is 25.7 Å². The van der Waals surface area contributed by atoms with Gasteiger partial charge in [0.25, 0.3) is 0 Å². The van der Waals surface area contributed by atoms with Crippen LogP contribution in [0.15, 0.2) is 11.6 Å². The molecule has 0 aromatic heterocycles. The number of carbonyl (C=O) groups excluding carboxylic acids is 2. The molecule has 1 unspecified atom stereocenters. The van der Waals surface area contributed by atoms with Crippen molar-refractivity contribution in [2.24, 2.45) is 68.1 Å². The number of carboxylic acids is 1. The summed E-state index contributed by atoms with van der Waals surface area (Å²) in [6.45, 7) is 17.3. The molecular formula is C37H60N2O9S. The molecule has 1 aliphatic heterocycles. The van der Waals surface area contributed by atoms with E-state index in [4.69, 9.17) is 25.7 Å². The Morgan fingerprint density at radius 3 is 2.31 bits per heavy atom. The number of carboxylic acid groups (broad SMARTS) is 1. The summed E-state index contributed by atoms with van der Waals surface area (Å²) >= 11 is 0. The smallest absolute Gasteiger partial charge is 0.324 e. The van der Waals surface area contributed by atoms with Crippen LogP contribution in [-0.4, -0.2) is 80.9 Å². The van der Waals surface area contributed by atoms with Crippen LogP contribution < -0.4 is 11.5 Å². The molecule has 2 bridgehead atoms. The van der Waals surface area contributed by atoms with Crippen molar-refractivity contribution >= 4 is 27.7 Å². The van der Waals surface area contributed by atoms with Crippen molar-refractivity contribution in [2.45, 2.75) is 112 Å². The number of ether oxygens (including phenoxy) is 3. The van der Waals surface area contributed by atoms with E-state index in [1.807, 2.05) is 6.92 Å². The summed E-state index contributed by atoms with van der Waals surface area (Å²) in [5.74, 6) is -2.75. The lowest BCUT2D eigenvalue weighted by atomic mass is 9.34. The first kappa shape index (κ1) is 38.2. The third-order valence-corrected chi connectivity index (χ3v) is 16.5. The topological polar surface area (TPSA) is 185 Å². The molecule has 1 saturated heterocycles. The van der Waals surface area contributed by atoms with Crippen molar-refractivity contribution in [1.29, 1.82) is 0 Å². The predicted molar refractivity (Wildman–Crippen MR) is 185 cm³/mol. The van der Waals surface area contributed by atoms with Gasteiger partial charge in [0.2, 0.25) is 0 Å².